The van der Waals surface area contributed by atoms with Gasteiger partial charge in [0.2, 0.25) is 0 Å². The van der Waals surface area contributed by atoms with Crippen molar-refractivity contribution in [3.63, 3.8) is 0 Å². The van der Waals surface area contributed by atoms with Gasteiger partial charge in [-0.3, -0.25) is 0 Å². The van der Waals surface area contributed by atoms with Crippen LogP contribution in [0, 0.1) is 0 Å². The predicted molar refractivity (Wildman–Crippen MR) is 196 cm³/mol. The number of hydrogen-bond acceptors (Lipinski definition) is 3. The van der Waals surface area contributed by atoms with Crippen molar-refractivity contribution in [2.24, 2.45) is 0 Å². The molecule has 220 valence electrons. The van der Waals surface area contributed by atoms with Gasteiger partial charge in [0.25, 0.3) is 0 Å². The van der Waals surface area contributed by atoms with Gasteiger partial charge >= 0.3 is 0 Å². The van der Waals surface area contributed by atoms with Crippen LogP contribution in [0.1, 0.15) is 0 Å². The van der Waals surface area contributed by atoms with Crippen molar-refractivity contribution in [2.45, 2.75) is 0 Å². The Morgan fingerprint density at radius 1 is 0.340 bits per heavy atom. The number of anilines is 3. The normalized spacial score (nSPS) is 11.8. The van der Waals surface area contributed by atoms with Crippen LogP contribution in [-0.4, -0.2) is 0 Å². The first-order valence-electron chi connectivity index (χ1n) is 15.9. The van der Waals surface area contributed by atoms with E-state index in [-0.39, 0.29) is 0 Å². The number of para-hydroxylation sites is 2. The van der Waals surface area contributed by atoms with E-state index < -0.39 is 0 Å². The molecular formula is C44H27NO2. The minimum Gasteiger partial charge on any atom is -0.456 e. The summed E-state index contributed by atoms with van der Waals surface area (Å²) < 4.78 is 12.4. The third kappa shape index (κ3) is 4.00. The SMILES string of the molecule is c1ccc2c(N(c3ccc4oc5ccccc5c4c3)c3ccc(-c4ccc5oc6ccccc6c5c4)c4ccccc34)cccc2c1. The van der Waals surface area contributed by atoms with Gasteiger partial charge in [0.05, 0.1) is 11.4 Å². The number of fused-ring (bicyclic) bond motifs is 8. The molecule has 0 radical (unpaired) electrons. The van der Waals surface area contributed by atoms with Gasteiger partial charge in [-0.05, 0) is 76.5 Å². The van der Waals surface area contributed by atoms with E-state index in [1.807, 2.05) is 24.3 Å². The number of benzene rings is 8. The maximum absolute atomic E-state index is 6.23. The molecule has 0 bridgehead atoms. The molecule has 0 unspecified atom stereocenters. The molecule has 0 spiro atoms. The highest BCUT2D eigenvalue weighted by Gasteiger charge is 2.21. The first-order valence-corrected chi connectivity index (χ1v) is 15.9. The lowest BCUT2D eigenvalue weighted by molar-refractivity contribution is 0.668. The molecule has 0 saturated heterocycles. The number of rotatable bonds is 4. The van der Waals surface area contributed by atoms with Crippen LogP contribution < -0.4 is 4.90 Å². The first kappa shape index (κ1) is 26.0. The van der Waals surface area contributed by atoms with E-state index in [0.717, 1.165) is 66.5 Å². The van der Waals surface area contributed by atoms with Crippen LogP contribution in [0.2, 0.25) is 0 Å². The van der Waals surface area contributed by atoms with Crippen molar-refractivity contribution in [1.29, 1.82) is 0 Å². The Balaban J connectivity index is 1.23. The van der Waals surface area contributed by atoms with Crippen LogP contribution in [-0.2, 0) is 0 Å². The predicted octanol–water partition coefficient (Wildman–Crippen LogP) is 12.9. The van der Waals surface area contributed by atoms with Crippen molar-refractivity contribution >= 4 is 82.5 Å². The third-order valence-corrected chi connectivity index (χ3v) is 9.46. The van der Waals surface area contributed by atoms with Crippen LogP contribution in [0.15, 0.2) is 173 Å². The zero-order chi connectivity index (χ0) is 30.9. The second-order valence-corrected chi connectivity index (χ2v) is 12.1. The van der Waals surface area contributed by atoms with E-state index in [9.17, 15) is 0 Å². The molecule has 2 aromatic heterocycles. The topological polar surface area (TPSA) is 29.5 Å². The highest BCUT2D eigenvalue weighted by atomic mass is 16.3. The molecule has 2 heterocycles. The fraction of sp³-hybridized carbons (Fsp3) is 0. The Bertz CT molecular complexity index is 2820. The van der Waals surface area contributed by atoms with E-state index in [2.05, 4.69) is 144 Å². The summed E-state index contributed by atoms with van der Waals surface area (Å²) in [5, 5.41) is 9.24. The summed E-state index contributed by atoms with van der Waals surface area (Å²) in [6.45, 7) is 0. The molecule has 0 N–H and O–H groups in total. The van der Waals surface area contributed by atoms with Crippen molar-refractivity contribution in [2.75, 3.05) is 4.90 Å². The molecule has 8 aromatic carbocycles. The van der Waals surface area contributed by atoms with Gasteiger partial charge in [-0.15, -0.1) is 0 Å². The standard InChI is InChI=1S/C44H27NO2/c1-2-12-32-28(10-1)11-9-17-39(32)45(30-21-25-44-38(27-30)36-16-6-8-19-42(36)47-44)40-23-22-31(33-13-3-4-14-34(33)40)29-20-24-43-37(26-29)35-15-5-7-18-41(35)46-43/h1-27H. The fourth-order valence-corrected chi connectivity index (χ4v) is 7.29. The zero-order valence-electron chi connectivity index (χ0n) is 25.4. The average Bonchev–Trinajstić information content (AvgIpc) is 3.70. The largest absolute Gasteiger partial charge is 0.456 e. The summed E-state index contributed by atoms with van der Waals surface area (Å²) >= 11 is 0. The molecular weight excluding hydrogens is 574 g/mol. The number of hydrogen-bond donors (Lipinski definition) is 0. The van der Waals surface area contributed by atoms with Crippen molar-refractivity contribution in [3.05, 3.63) is 164 Å². The van der Waals surface area contributed by atoms with Gasteiger partial charge < -0.3 is 13.7 Å². The van der Waals surface area contributed by atoms with Crippen molar-refractivity contribution in [3.8, 4) is 11.1 Å². The summed E-state index contributed by atoms with van der Waals surface area (Å²) in [5.74, 6) is 0. The summed E-state index contributed by atoms with van der Waals surface area (Å²) in [5.41, 5.74) is 9.25. The average molecular weight is 602 g/mol. The fourth-order valence-electron chi connectivity index (χ4n) is 7.29. The van der Waals surface area contributed by atoms with Crippen LogP contribution in [0.5, 0.6) is 0 Å². The molecule has 10 rings (SSSR count). The lowest BCUT2D eigenvalue weighted by Crippen LogP contribution is -2.11. The van der Waals surface area contributed by atoms with Gasteiger partial charge in [-0.2, -0.15) is 0 Å². The molecule has 3 nitrogen and oxygen atoms in total. The Labute approximate surface area is 270 Å². The third-order valence-electron chi connectivity index (χ3n) is 9.46. The molecule has 0 saturated carbocycles. The summed E-state index contributed by atoms with van der Waals surface area (Å²) in [7, 11) is 0. The van der Waals surface area contributed by atoms with Crippen LogP contribution >= 0.6 is 0 Å². The smallest absolute Gasteiger partial charge is 0.135 e. The van der Waals surface area contributed by atoms with E-state index in [4.69, 9.17) is 8.83 Å². The van der Waals surface area contributed by atoms with Crippen LogP contribution in [0.4, 0.5) is 17.1 Å². The van der Waals surface area contributed by atoms with Crippen LogP contribution in [0.3, 0.4) is 0 Å². The number of nitrogens with zero attached hydrogens (tertiary/aromatic N) is 1. The molecule has 0 aliphatic carbocycles. The Morgan fingerprint density at radius 3 is 1.66 bits per heavy atom. The lowest BCUT2D eigenvalue weighted by atomic mass is 9.95. The second-order valence-electron chi connectivity index (χ2n) is 12.1. The second kappa shape index (κ2) is 10.1. The monoisotopic (exact) mass is 601 g/mol. The van der Waals surface area contributed by atoms with Crippen molar-refractivity contribution < 1.29 is 8.83 Å². The first-order chi connectivity index (χ1) is 23.3. The Kier molecular flexibility index (Phi) is 5.57. The molecule has 0 aliphatic rings. The van der Waals surface area contributed by atoms with Gasteiger partial charge in [-0.25, -0.2) is 0 Å². The molecule has 0 aliphatic heterocycles. The molecule has 0 amide bonds. The van der Waals surface area contributed by atoms with Gasteiger partial charge in [0, 0.05) is 38.0 Å². The molecule has 47 heavy (non-hydrogen) atoms. The quantitative estimate of drug-likeness (QED) is 0.201. The lowest BCUT2D eigenvalue weighted by Gasteiger charge is -2.28. The van der Waals surface area contributed by atoms with Gasteiger partial charge in [0.15, 0.2) is 0 Å². The molecule has 10 aromatic rings. The minimum atomic E-state index is 0.884. The van der Waals surface area contributed by atoms with Crippen LogP contribution in [0.25, 0.3) is 76.5 Å². The Hall–Kier alpha value is -6.32. The summed E-state index contributed by atoms with van der Waals surface area (Å²) in [4.78, 5) is 2.41. The minimum absolute atomic E-state index is 0.884. The molecule has 0 fully saturated rings. The Morgan fingerprint density at radius 2 is 0.894 bits per heavy atom. The highest BCUT2D eigenvalue weighted by molar-refractivity contribution is 6.12. The van der Waals surface area contributed by atoms with Gasteiger partial charge in [0.1, 0.15) is 22.3 Å². The van der Waals surface area contributed by atoms with Crippen molar-refractivity contribution in [1.82, 2.24) is 0 Å². The van der Waals surface area contributed by atoms with E-state index >= 15 is 0 Å². The number of furan rings is 2. The highest BCUT2D eigenvalue weighted by Crippen LogP contribution is 2.46. The summed E-state index contributed by atoms with van der Waals surface area (Å²) in [6.07, 6.45) is 0. The maximum atomic E-state index is 6.23. The molecule has 3 heteroatoms. The van der Waals surface area contributed by atoms with Gasteiger partial charge in [-0.1, -0.05) is 109 Å². The summed E-state index contributed by atoms with van der Waals surface area (Å²) in [6, 6.07) is 58.1. The van der Waals surface area contributed by atoms with E-state index in [0.29, 0.717) is 0 Å². The zero-order valence-corrected chi connectivity index (χ0v) is 25.4. The van der Waals surface area contributed by atoms with E-state index in [1.165, 1.54) is 27.1 Å². The molecule has 0 atom stereocenters. The van der Waals surface area contributed by atoms with E-state index in [1.54, 1.807) is 0 Å². The maximum Gasteiger partial charge on any atom is 0.135 e.